The first-order valence-corrected chi connectivity index (χ1v) is 4.24. The summed E-state index contributed by atoms with van der Waals surface area (Å²) in [7, 11) is 5.89. The molecule has 74 valence electrons. The second kappa shape index (κ2) is 2.65. The largest absolute Gasteiger partial charge is 0.351 e. The molecule has 0 fully saturated rings. The van der Waals surface area contributed by atoms with Crippen LogP contribution in [0.1, 0.15) is 0 Å². The molecule has 0 bridgehead atoms. The zero-order valence-electron chi connectivity index (χ0n) is 8.33. The van der Waals surface area contributed by atoms with Crippen molar-refractivity contribution >= 4 is 17.0 Å². The molecule has 2 heterocycles. The van der Waals surface area contributed by atoms with E-state index in [0.717, 1.165) is 11.3 Å². The van der Waals surface area contributed by atoms with E-state index in [1.807, 2.05) is 21.1 Å². The Morgan fingerprint density at radius 2 is 2.07 bits per heavy atom. The first-order valence-electron chi connectivity index (χ1n) is 4.24. The fourth-order valence-corrected chi connectivity index (χ4v) is 1.34. The summed E-state index contributed by atoms with van der Waals surface area (Å²) in [6.07, 6.45) is 1.53. The molecule has 2 N–H and O–H groups in total. The summed E-state index contributed by atoms with van der Waals surface area (Å²) in [6, 6.07) is 0. The van der Waals surface area contributed by atoms with Crippen LogP contribution < -0.4 is 10.2 Å². The maximum Gasteiger partial charge on any atom is 0.351 e. The van der Waals surface area contributed by atoms with E-state index in [2.05, 4.69) is 19.9 Å². The number of imidazole rings is 1. The van der Waals surface area contributed by atoms with Crippen molar-refractivity contribution in [2.75, 3.05) is 21.1 Å². The Labute approximate surface area is 80.2 Å². The highest BCUT2D eigenvalue weighted by Crippen LogP contribution is 2.19. The van der Waals surface area contributed by atoms with Crippen molar-refractivity contribution in [3.05, 3.63) is 16.8 Å². The summed E-state index contributed by atoms with van der Waals surface area (Å²) in [5.41, 5.74) is 0.863. The van der Waals surface area contributed by atoms with Crippen molar-refractivity contribution in [3.63, 3.8) is 0 Å². The summed E-state index contributed by atoms with van der Waals surface area (Å²) in [5, 5.41) is 0. The van der Waals surface area contributed by atoms with Gasteiger partial charge in [0.05, 0.1) is 27.5 Å². The fraction of sp³-hybridized carbons (Fsp3) is 0.375. The Balaban J connectivity index is 2.87. The molecule has 0 aromatic carbocycles. The van der Waals surface area contributed by atoms with Gasteiger partial charge in [0.1, 0.15) is 0 Å². The first-order chi connectivity index (χ1) is 6.48. The normalized spacial score (nSPS) is 12.2. The number of quaternary nitrogens is 1. The quantitative estimate of drug-likeness (QED) is 0.619. The van der Waals surface area contributed by atoms with Crippen LogP contribution in [0.3, 0.4) is 0 Å². The highest BCUT2D eigenvalue weighted by molar-refractivity contribution is 5.81. The predicted octanol–water partition coefficient (Wildman–Crippen LogP) is -0.157. The minimum atomic E-state index is -0.368. The molecule has 0 aliphatic heterocycles. The number of hydrogen-bond acceptors (Lipinski definition) is 3. The Hall–Kier alpha value is -1.69. The predicted molar refractivity (Wildman–Crippen MR) is 54.1 cm³/mol. The lowest BCUT2D eigenvalue weighted by atomic mass is 10.4. The molecule has 0 atom stereocenters. The third-order valence-electron chi connectivity index (χ3n) is 1.96. The van der Waals surface area contributed by atoms with Gasteiger partial charge in [-0.15, -0.1) is 0 Å². The summed E-state index contributed by atoms with van der Waals surface area (Å²) < 4.78 is 0.510. The van der Waals surface area contributed by atoms with E-state index in [9.17, 15) is 4.79 Å². The van der Waals surface area contributed by atoms with Crippen molar-refractivity contribution in [1.82, 2.24) is 24.4 Å². The number of rotatable bonds is 1. The number of nitrogens with zero attached hydrogens (tertiary/aromatic N) is 3. The third kappa shape index (κ3) is 1.29. The summed E-state index contributed by atoms with van der Waals surface area (Å²) in [5.74, 6) is 0.775. The number of hydrogen-bond donors (Lipinski definition) is 2. The molecule has 0 saturated heterocycles. The van der Waals surface area contributed by atoms with Crippen molar-refractivity contribution < 1.29 is 0 Å². The monoisotopic (exact) mass is 194 g/mol. The Morgan fingerprint density at radius 1 is 1.36 bits per heavy atom. The molecule has 6 heteroatoms. The minimum absolute atomic E-state index is 0.368. The topological polar surface area (TPSA) is 74.4 Å². The van der Waals surface area contributed by atoms with Crippen molar-refractivity contribution in [3.8, 4) is 0 Å². The van der Waals surface area contributed by atoms with Gasteiger partial charge >= 0.3 is 5.69 Å². The standard InChI is InChI=1S/C8H11N5O/c1-13(2,3)7-5-6(10-4-9-5)11-8(14)12-7/h4H,1-3H3,(H-,9,10,11,12,14)/p+1. The molecule has 6 nitrogen and oxygen atoms in total. The van der Waals surface area contributed by atoms with Crippen molar-refractivity contribution in [1.29, 1.82) is 0 Å². The fourth-order valence-electron chi connectivity index (χ4n) is 1.34. The maximum atomic E-state index is 11.2. The van der Waals surface area contributed by atoms with Crippen LogP contribution in [0, 0.1) is 0 Å². The molecule has 0 aliphatic rings. The molecule has 0 radical (unpaired) electrons. The SMILES string of the molecule is C[N+](C)(C)c1[nH]c(=O)nc2nc[nH]c12. The summed E-state index contributed by atoms with van der Waals surface area (Å²) in [6.45, 7) is 0. The van der Waals surface area contributed by atoms with E-state index in [-0.39, 0.29) is 5.69 Å². The van der Waals surface area contributed by atoms with E-state index in [1.165, 1.54) is 6.33 Å². The highest BCUT2D eigenvalue weighted by atomic mass is 16.1. The zero-order valence-corrected chi connectivity index (χ0v) is 8.33. The van der Waals surface area contributed by atoms with Crippen molar-refractivity contribution in [2.45, 2.75) is 0 Å². The second-order valence-corrected chi connectivity index (χ2v) is 4.00. The molecule has 0 aliphatic carbocycles. The van der Waals surface area contributed by atoms with Gasteiger partial charge in [0.25, 0.3) is 0 Å². The molecule has 0 amide bonds. The average molecular weight is 194 g/mol. The summed E-state index contributed by atoms with van der Waals surface area (Å²) in [4.78, 5) is 24.6. The van der Waals surface area contributed by atoms with E-state index in [1.54, 1.807) is 0 Å². The lowest BCUT2D eigenvalue weighted by molar-refractivity contribution is 0.474. The molecule has 2 rings (SSSR count). The Morgan fingerprint density at radius 3 is 2.71 bits per heavy atom. The molecule has 0 saturated carbocycles. The van der Waals surface area contributed by atoms with Crippen LogP contribution in [0.15, 0.2) is 11.1 Å². The van der Waals surface area contributed by atoms with E-state index in [0.29, 0.717) is 10.1 Å². The van der Waals surface area contributed by atoms with Crippen LogP contribution in [0.4, 0.5) is 5.82 Å². The first kappa shape index (κ1) is 8.89. The maximum absolute atomic E-state index is 11.2. The molecule has 2 aromatic rings. The number of nitrogens with one attached hydrogen (secondary N) is 2. The molecule has 0 unspecified atom stereocenters. The zero-order chi connectivity index (χ0) is 10.3. The van der Waals surface area contributed by atoms with Gasteiger partial charge in [-0.05, 0) is 0 Å². The van der Waals surface area contributed by atoms with Gasteiger partial charge in [-0.25, -0.2) is 9.78 Å². The van der Waals surface area contributed by atoms with Crippen LogP contribution >= 0.6 is 0 Å². The van der Waals surface area contributed by atoms with E-state index < -0.39 is 0 Å². The summed E-state index contributed by atoms with van der Waals surface area (Å²) >= 11 is 0. The van der Waals surface area contributed by atoms with Gasteiger partial charge in [0.15, 0.2) is 11.2 Å². The van der Waals surface area contributed by atoms with Crippen molar-refractivity contribution in [2.24, 2.45) is 0 Å². The van der Waals surface area contributed by atoms with Crippen LogP contribution in [0.2, 0.25) is 0 Å². The van der Waals surface area contributed by atoms with E-state index in [4.69, 9.17) is 0 Å². The number of H-pyrrole nitrogens is 2. The molecular weight excluding hydrogens is 182 g/mol. The number of aromatic amines is 2. The second-order valence-electron chi connectivity index (χ2n) is 4.00. The number of aromatic nitrogens is 4. The third-order valence-corrected chi connectivity index (χ3v) is 1.96. The molecule has 0 spiro atoms. The molecule has 2 aromatic heterocycles. The van der Waals surface area contributed by atoms with Gasteiger partial charge in [-0.2, -0.15) is 4.98 Å². The van der Waals surface area contributed by atoms with Gasteiger partial charge in [-0.3, -0.25) is 9.47 Å². The van der Waals surface area contributed by atoms with Crippen LogP contribution in [0.5, 0.6) is 0 Å². The smallest absolute Gasteiger partial charge is 0.337 e. The minimum Gasteiger partial charge on any atom is -0.337 e. The van der Waals surface area contributed by atoms with Gasteiger partial charge in [0, 0.05) is 0 Å². The van der Waals surface area contributed by atoms with Gasteiger partial charge in [0.2, 0.25) is 5.82 Å². The average Bonchev–Trinajstić information content (AvgIpc) is 2.47. The van der Waals surface area contributed by atoms with Crippen LogP contribution in [-0.2, 0) is 0 Å². The number of fused-ring (bicyclic) bond motifs is 1. The van der Waals surface area contributed by atoms with Gasteiger partial charge < -0.3 is 4.98 Å². The molecule has 14 heavy (non-hydrogen) atoms. The van der Waals surface area contributed by atoms with Crippen LogP contribution in [0.25, 0.3) is 11.2 Å². The highest BCUT2D eigenvalue weighted by Gasteiger charge is 2.19. The Bertz CT molecular complexity index is 518. The lowest BCUT2D eigenvalue weighted by Crippen LogP contribution is -2.37. The van der Waals surface area contributed by atoms with E-state index >= 15 is 0 Å². The Kier molecular flexibility index (Phi) is 1.68. The van der Waals surface area contributed by atoms with Crippen LogP contribution in [-0.4, -0.2) is 41.1 Å². The lowest BCUT2D eigenvalue weighted by Gasteiger charge is -2.22. The van der Waals surface area contributed by atoms with Gasteiger partial charge in [-0.1, -0.05) is 0 Å². The molecular formula is C8H12N5O+.